The first-order valence-corrected chi connectivity index (χ1v) is 7.01. The molecule has 1 aliphatic carbocycles. The second-order valence-corrected chi connectivity index (χ2v) is 5.54. The molecule has 1 aromatic heterocycles. The van der Waals surface area contributed by atoms with Gasteiger partial charge in [0.25, 0.3) is 0 Å². The van der Waals surface area contributed by atoms with Crippen molar-refractivity contribution >= 4 is 22.6 Å². The van der Waals surface area contributed by atoms with Crippen molar-refractivity contribution in [3.8, 4) is 0 Å². The van der Waals surface area contributed by atoms with E-state index in [2.05, 4.69) is 11.5 Å². The number of imidazole rings is 1. The average molecular weight is 264 g/mol. The zero-order valence-corrected chi connectivity index (χ0v) is 11.3. The lowest BCUT2D eigenvalue weighted by Gasteiger charge is -2.13. The molecule has 1 saturated carbocycles. The minimum atomic E-state index is 0.0294. The summed E-state index contributed by atoms with van der Waals surface area (Å²) in [5.74, 6) is 1.02. The van der Waals surface area contributed by atoms with Gasteiger partial charge in [-0.3, -0.25) is 0 Å². The highest BCUT2D eigenvalue weighted by Gasteiger charge is 2.29. The number of fused-ring (bicyclic) bond motifs is 1. The van der Waals surface area contributed by atoms with Crippen LogP contribution in [0.15, 0.2) is 18.2 Å². The zero-order valence-electron chi connectivity index (χ0n) is 10.6. The van der Waals surface area contributed by atoms with Crippen LogP contribution in [0, 0.1) is 0 Å². The van der Waals surface area contributed by atoms with Crippen LogP contribution in [0.5, 0.6) is 0 Å². The van der Waals surface area contributed by atoms with E-state index in [1.54, 1.807) is 0 Å². The minimum Gasteiger partial charge on any atom is -0.324 e. The number of nitrogens with two attached hydrogens (primary N) is 1. The Bertz CT molecular complexity index is 572. The summed E-state index contributed by atoms with van der Waals surface area (Å²) in [5, 5.41) is 0.764. The van der Waals surface area contributed by atoms with Gasteiger partial charge in [-0.15, -0.1) is 0 Å². The predicted octanol–water partition coefficient (Wildman–Crippen LogP) is 3.82. The Hall–Kier alpha value is -1.06. The third kappa shape index (κ3) is 2.02. The highest BCUT2D eigenvalue weighted by atomic mass is 35.5. The molecule has 18 heavy (non-hydrogen) atoms. The molecule has 2 aromatic rings. The Morgan fingerprint density at radius 3 is 2.94 bits per heavy atom. The van der Waals surface area contributed by atoms with E-state index in [1.165, 1.54) is 12.8 Å². The van der Waals surface area contributed by atoms with Crippen molar-refractivity contribution in [2.24, 2.45) is 5.73 Å². The van der Waals surface area contributed by atoms with Crippen LogP contribution in [0.1, 0.15) is 50.5 Å². The molecule has 0 saturated heterocycles. The van der Waals surface area contributed by atoms with E-state index >= 15 is 0 Å². The molecule has 1 unspecified atom stereocenters. The summed E-state index contributed by atoms with van der Waals surface area (Å²) in [6.45, 7) is 2.15. The monoisotopic (exact) mass is 263 g/mol. The Morgan fingerprint density at radius 2 is 2.28 bits per heavy atom. The van der Waals surface area contributed by atoms with Crippen LogP contribution >= 0.6 is 11.6 Å². The molecule has 4 heteroatoms. The topological polar surface area (TPSA) is 43.8 Å². The standard InChI is InChI=1S/C14H18ClN3/c1-2-3-11(16)14-17-12-7-4-9(15)8-13(12)18(14)10-5-6-10/h4,7-8,10-11H,2-3,5-6,16H2,1H3. The number of benzene rings is 1. The smallest absolute Gasteiger partial charge is 0.127 e. The molecule has 0 spiro atoms. The second-order valence-electron chi connectivity index (χ2n) is 5.10. The summed E-state index contributed by atoms with van der Waals surface area (Å²) in [7, 11) is 0. The van der Waals surface area contributed by atoms with Crippen LogP contribution in [-0.4, -0.2) is 9.55 Å². The van der Waals surface area contributed by atoms with Gasteiger partial charge in [-0.2, -0.15) is 0 Å². The fraction of sp³-hybridized carbons (Fsp3) is 0.500. The van der Waals surface area contributed by atoms with Crippen LogP contribution in [0.4, 0.5) is 0 Å². The van der Waals surface area contributed by atoms with E-state index in [0.717, 1.165) is 34.7 Å². The second kappa shape index (κ2) is 4.56. The van der Waals surface area contributed by atoms with Gasteiger partial charge in [0.1, 0.15) is 5.82 Å². The molecule has 96 valence electrons. The summed E-state index contributed by atoms with van der Waals surface area (Å²) in [5.41, 5.74) is 8.40. The molecule has 0 radical (unpaired) electrons. The van der Waals surface area contributed by atoms with Gasteiger partial charge >= 0.3 is 0 Å². The summed E-state index contributed by atoms with van der Waals surface area (Å²) in [6, 6.07) is 6.49. The first-order valence-electron chi connectivity index (χ1n) is 6.63. The van der Waals surface area contributed by atoms with Gasteiger partial charge < -0.3 is 10.3 Å². The van der Waals surface area contributed by atoms with Crippen molar-refractivity contribution in [3.63, 3.8) is 0 Å². The lowest BCUT2D eigenvalue weighted by Crippen LogP contribution is -2.16. The third-order valence-electron chi connectivity index (χ3n) is 3.52. The van der Waals surface area contributed by atoms with Crippen LogP contribution < -0.4 is 5.73 Å². The molecule has 1 fully saturated rings. The van der Waals surface area contributed by atoms with Gasteiger partial charge in [0.15, 0.2) is 0 Å². The SMILES string of the molecule is CCCC(N)c1nc2ccc(Cl)cc2n1C1CC1. The first-order chi connectivity index (χ1) is 8.70. The van der Waals surface area contributed by atoms with Gasteiger partial charge in [0.2, 0.25) is 0 Å². The van der Waals surface area contributed by atoms with E-state index < -0.39 is 0 Å². The largest absolute Gasteiger partial charge is 0.324 e. The van der Waals surface area contributed by atoms with Crippen LogP contribution in [0.2, 0.25) is 5.02 Å². The number of halogens is 1. The number of hydrogen-bond donors (Lipinski definition) is 1. The fourth-order valence-corrected chi connectivity index (χ4v) is 2.67. The summed E-state index contributed by atoms with van der Waals surface area (Å²) < 4.78 is 2.31. The van der Waals surface area contributed by atoms with Gasteiger partial charge in [0.05, 0.1) is 17.1 Å². The molecule has 1 aromatic carbocycles. The molecular weight excluding hydrogens is 246 g/mol. The quantitative estimate of drug-likeness (QED) is 0.911. The minimum absolute atomic E-state index is 0.0294. The number of aromatic nitrogens is 2. The fourth-order valence-electron chi connectivity index (χ4n) is 2.50. The lowest BCUT2D eigenvalue weighted by atomic mass is 10.1. The van der Waals surface area contributed by atoms with Gasteiger partial charge in [-0.1, -0.05) is 24.9 Å². The highest BCUT2D eigenvalue weighted by molar-refractivity contribution is 6.31. The Labute approximate surface area is 112 Å². The average Bonchev–Trinajstić information content (AvgIpc) is 3.10. The maximum atomic E-state index is 6.26. The molecule has 3 rings (SSSR count). The molecule has 3 nitrogen and oxygen atoms in total. The Balaban J connectivity index is 2.15. The van der Waals surface area contributed by atoms with Crippen molar-refractivity contribution in [3.05, 3.63) is 29.0 Å². The van der Waals surface area contributed by atoms with E-state index in [9.17, 15) is 0 Å². The van der Waals surface area contributed by atoms with E-state index in [0.29, 0.717) is 6.04 Å². The van der Waals surface area contributed by atoms with Crippen molar-refractivity contribution in [1.29, 1.82) is 0 Å². The molecule has 0 amide bonds. The molecule has 1 atom stereocenters. The third-order valence-corrected chi connectivity index (χ3v) is 3.76. The van der Waals surface area contributed by atoms with E-state index in [1.807, 2.05) is 18.2 Å². The lowest BCUT2D eigenvalue weighted by molar-refractivity contribution is 0.561. The molecular formula is C14H18ClN3. The first kappa shape index (κ1) is 12.0. The molecule has 1 heterocycles. The Kier molecular flexibility index (Phi) is 3.04. The molecule has 2 N–H and O–H groups in total. The van der Waals surface area contributed by atoms with Crippen molar-refractivity contribution < 1.29 is 0 Å². The van der Waals surface area contributed by atoms with Gasteiger partial charge in [-0.05, 0) is 37.5 Å². The number of hydrogen-bond acceptors (Lipinski definition) is 2. The summed E-state index contributed by atoms with van der Waals surface area (Å²) in [6.07, 6.45) is 4.51. The van der Waals surface area contributed by atoms with Gasteiger partial charge in [0, 0.05) is 11.1 Å². The normalized spacial score (nSPS) is 17.3. The molecule has 0 aliphatic heterocycles. The summed E-state index contributed by atoms with van der Waals surface area (Å²) >= 11 is 6.09. The van der Waals surface area contributed by atoms with Crippen molar-refractivity contribution in [2.45, 2.75) is 44.7 Å². The van der Waals surface area contributed by atoms with Crippen LogP contribution in [0.3, 0.4) is 0 Å². The van der Waals surface area contributed by atoms with Crippen molar-refractivity contribution in [1.82, 2.24) is 9.55 Å². The maximum Gasteiger partial charge on any atom is 0.127 e. The van der Waals surface area contributed by atoms with Crippen LogP contribution in [0.25, 0.3) is 11.0 Å². The number of rotatable bonds is 4. The van der Waals surface area contributed by atoms with E-state index in [4.69, 9.17) is 22.3 Å². The number of nitrogens with zero attached hydrogens (tertiary/aromatic N) is 2. The maximum absolute atomic E-state index is 6.26. The van der Waals surface area contributed by atoms with Gasteiger partial charge in [-0.25, -0.2) is 4.98 Å². The summed E-state index contributed by atoms with van der Waals surface area (Å²) in [4.78, 5) is 4.71. The predicted molar refractivity (Wildman–Crippen MR) is 74.9 cm³/mol. The zero-order chi connectivity index (χ0) is 12.7. The van der Waals surface area contributed by atoms with Crippen molar-refractivity contribution in [2.75, 3.05) is 0 Å². The van der Waals surface area contributed by atoms with Crippen LogP contribution in [-0.2, 0) is 0 Å². The van der Waals surface area contributed by atoms with E-state index in [-0.39, 0.29) is 6.04 Å². The molecule has 1 aliphatic rings. The molecule has 0 bridgehead atoms. The highest BCUT2D eigenvalue weighted by Crippen LogP contribution is 2.40. The Morgan fingerprint density at radius 1 is 1.50 bits per heavy atom.